The molecule has 9 nitrogen and oxygen atoms in total. The second-order valence-corrected chi connectivity index (χ2v) is 9.54. The lowest BCUT2D eigenvalue weighted by Gasteiger charge is -2.19. The van der Waals surface area contributed by atoms with Crippen molar-refractivity contribution in [2.75, 3.05) is 13.7 Å². The SMILES string of the molecule is CCOC(=O)C(CC)Sc1nc2c(c(=O)[nH]c(=O)n2C)n1CC(Cc1cccc(Br)c1)OC. The molecule has 0 saturated carbocycles. The summed E-state index contributed by atoms with van der Waals surface area (Å²) in [4.78, 5) is 44.2. The minimum Gasteiger partial charge on any atom is -0.465 e. The van der Waals surface area contributed by atoms with E-state index in [4.69, 9.17) is 9.47 Å². The molecule has 1 aromatic carbocycles. The highest BCUT2D eigenvalue weighted by Crippen LogP contribution is 2.29. The molecule has 0 aliphatic heterocycles. The number of ether oxygens (including phenoxy) is 2. The molecule has 0 fully saturated rings. The van der Waals surface area contributed by atoms with E-state index >= 15 is 0 Å². The Morgan fingerprint density at radius 1 is 1.30 bits per heavy atom. The van der Waals surface area contributed by atoms with Gasteiger partial charge in [-0.25, -0.2) is 9.78 Å². The summed E-state index contributed by atoms with van der Waals surface area (Å²) >= 11 is 4.70. The fourth-order valence-electron chi connectivity index (χ4n) is 3.49. The third kappa shape index (κ3) is 5.77. The number of esters is 1. The zero-order valence-corrected chi connectivity index (χ0v) is 21.4. The number of carbonyl (C=O) groups is 1. The maximum atomic E-state index is 12.8. The number of H-pyrrole nitrogens is 1. The maximum absolute atomic E-state index is 12.8. The molecule has 0 saturated heterocycles. The number of aromatic amines is 1. The standard InChI is InChI=1S/C22H27BrN4O5S/c1-5-16(20(29)32-6-2)33-22-24-18-17(19(28)25-21(30)26(18)3)27(22)12-15(31-4)11-13-8-7-9-14(23)10-13/h7-10,15-16H,5-6,11-12H2,1-4H3,(H,25,28,30). The van der Waals surface area contributed by atoms with Crippen molar-refractivity contribution in [3.63, 3.8) is 0 Å². The smallest absolute Gasteiger partial charge is 0.329 e. The number of hydrogen-bond acceptors (Lipinski definition) is 7. The summed E-state index contributed by atoms with van der Waals surface area (Å²) in [5.74, 6) is -0.344. The molecule has 3 rings (SSSR count). The van der Waals surface area contributed by atoms with Crippen molar-refractivity contribution >= 4 is 44.8 Å². The summed E-state index contributed by atoms with van der Waals surface area (Å²) in [6.45, 7) is 4.22. The van der Waals surface area contributed by atoms with Crippen LogP contribution in [0.1, 0.15) is 25.8 Å². The van der Waals surface area contributed by atoms with Gasteiger partial charge in [-0.05, 0) is 31.0 Å². The summed E-state index contributed by atoms with van der Waals surface area (Å²) in [5, 5.41) is -0.0457. The summed E-state index contributed by atoms with van der Waals surface area (Å²) in [7, 11) is 3.16. The van der Waals surface area contributed by atoms with Crippen molar-refractivity contribution in [2.24, 2.45) is 7.05 Å². The molecule has 0 aliphatic rings. The Hall–Kier alpha value is -2.37. The molecule has 1 N–H and O–H groups in total. The van der Waals surface area contributed by atoms with Crippen LogP contribution in [0.3, 0.4) is 0 Å². The van der Waals surface area contributed by atoms with Crippen LogP contribution in [0.2, 0.25) is 0 Å². The number of imidazole rings is 1. The van der Waals surface area contributed by atoms with Gasteiger partial charge in [-0.15, -0.1) is 0 Å². The Balaban J connectivity index is 2.06. The van der Waals surface area contributed by atoms with Gasteiger partial charge in [0.25, 0.3) is 5.56 Å². The molecule has 0 bridgehead atoms. The first-order valence-electron chi connectivity index (χ1n) is 10.6. The van der Waals surface area contributed by atoms with Gasteiger partial charge >= 0.3 is 11.7 Å². The van der Waals surface area contributed by atoms with Crippen LogP contribution in [0.4, 0.5) is 0 Å². The number of nitrogens with one attached hydrogen (secondary N) is 1. The number of methoxy groups -OCH3 is 1. The molecule has 0 radical (unpaired) electrons. The Kier molecular flexibility index (Phi) is 8.55. The van der Waals surface area contributed by atoms with Crippen LogP contribution in [0.5, 0.6) is 0 Å². The molecule has 2 heterocycles. The molecule has 0 aliphatic carbocycles. The summed E-state index contributed by atoms with van der Waals surface area (Å²) in [6, 6.07) is 7.91. The zero-order valence-electron chi connectivity index (χ0n) is 19.0. The number of rotatable bonds is 10. The molecule has 33 heavy (non-hydrogen) atoms. The van der Waals surface area contributed by atoms with E-state index in [2.05, 4.69) is 25.9 Å². The van der Waals surface area contributed by atoms with Gasteiger partial charge in [-0.2, -0.15) is 0 Å². The van der Waals surface area contributed by atoms with Gasteiger partial charge in [0.15, 0.2) is 16.3 Å². The second-order valence-electron chi connectivity index (χ2n) is 7.45. The Morgan fingerprint density at radius 3 is 2.70 bits per heavy atom. The van der Waals surface area contributed by atoms with Crippen LogP contribution in [-0.2, 0) is 34.3 Å². The van der Waals surface area contributed by atoms with Gasteiger partial charge in [-0.1, -0.05) is 46.7 Å². The average Bonchev–Trinajstić information content (AvgIpc) is 3.14. The number of thioether (sulfide) groups is 1. The first-order chi connectivity index (χ1) is 15.8. The number of halogens is 1. The first-order valence-corrected chi connectivity index (χ1v) is 12.3. The molecule has 11 heteroatoms. The van der Waals surface area contributed by atoms with Crippen LogP contribution in [-0.4, -0.2) is 50.1 Å². The summed E-state index contributed by atoms with van der Waals surface area (Å²) in [5.41, 5.74) is 0.489. The fraction of sp³-hybridized carbons (Fsp3) is 0.455. The second kappa shape index (κ2) is 11.2. The number of carbonyl (C=O) groups excluding carboxylic acids is 1. The highest BCUT2D eigenvalue weighted by Gasteiger charge is 2.26. The van der Waals surface area contributed by atoms with E-state index in [-0.39, 0.29) is 29.8 Å². The molecule has 0 spiro atoms. The number of fused-ring (bicyclic) bond motifs is 1. The number of aromatic nitrogens is 4. The number of hydrogen-bond donors (Lipinski definition) is 1. The normalized spacial score (nSPS) is 13.2. The summed E-state index contributed by atoms with van der Waals surface area (Å²) in [6.07, 6.45) is 0.835. The van der Waals surface area contributed by atoms with E-state index in [9.17, 15) is 14.4 Å². The largest absolute Gasteiger partial charge is 0.465 e. The Morgan fingerprint density at radius 2 is 2.06 bits per heavy atom. The van der Waals surface area contributed by atoms with Crippen LogP contribution in [0, 0.1) is 0 Å². The Bertz CT molecular complexity index is 1250. The van der Waals surface area contributed by atoms with Crippen molar-refractivity contribution in [2.45, 2.75) is 49.7 Å². The minimum absolute atomic E-state index is 0.252. The lowest BCUT2D eigenvalue weighted by Crippen LogP contribution is -2.30. The monoisotopic (exact) mass is 538 g/mol. The third-order valence-electron chi connectivity index (χ3n) is 5.21. The first kappa shape index (κ1) is 25.3. The Labute approximate surface area is 203 Å². The molecule has 2 aromatic heterocycles. The highest BCUT2D eigenvalue weighted by molar-refractivity contribution is 9.10. The molecule has 2 unspecified atom stereocenters. The van der Waals surface area contributed by atoms with E-state index in [1.165, 1.54) is 16.3 Å². The molecule has 3 aromatic rings. The van der Waals surface area contributed by atoms with Crippen LogP contribution in [0.15, 0.2) is 43.5 Å². The van der Waals surface area contributed by atoms with Crippen molar-refractivity contribution < 1.29 is 14.3 Å². The van der Waals surface area contributed by atoms with Gasteiger partial charge in [-0.3, -0.25) is 19.1 Å². The van der Waals surface area contributed by atoms with Gasteiger partial charge < -0.3 is 14.0 Å². The fourth-order valence-corrected chi connectivity index (χ4v) is 4.95. The predicted octanol–water partition coefficient (Wildman–Crippen LogP) is 2.88. The predicted molar refractivity (Wildman–Crippen MR) is 131 cm³/mol. The van der Waals surface area contributed by atoms with E-state index in [0.29, 0.717) is 24.5 Å². The van der Waals surface area contributed by atoms with Crippen molar-refractivity contribution in [3.05, 3.63) is 55.1 Å². The lowest BCUT2D eigenvalue weighted by molar-refractivity contribution is -0.142. The molecular weight excluding hydrogens is 512 g/mol. The number of benzene rings is 1. The topological polar surface area (TPSA) is 108 Å². The van der Waals surface area contributed by atoms with Gasteiger partial charge in [0.2, 0.25) is 0 Å². The van der Waals surface area contributed by atoms with Crippen LogP contribution < -0.4 is 11.2 Å². The van der Waals surface area contributed by atoms with Crippen molar-refractivity contribution in [3.8, 4) is 0 Å². The van der Waals surface area contributed by atoms with E-state index in [0.717, 1.165) is 10.0 Å². The molecular formula is C22H27BrN4O5S. The van der Waals surface area contributed by atoms with Gasteiger partial charge in [0, 0.05) is 25.1 Å². The molecule has 0 amide bonds. The van der Waals surface area contributed by atoms with E-state index in [1.54, 1.807) is 25.6 Å². The highest BCUT2D eigenvalue weighted by atomic mass is 79.9. The van der Waals surface area contributed by atoms with Gasteiger partial charge in [0.1, 0.15) is 5.25 Å². The van der Waals surface area contributed by atoms with Gasteiger partial charge in [0.05, 0.1) is 19.3 Å². The quantitative estimate of drug-likeness (QED) is 0.312. The van der Waals surface area contributed by atoms with Crippen molar-refractivity contribution in [1.82, 2.24) is 19.1 Å². The van der Waals surface area contributed by atoms with Crippen LogP contribution >= 0.6 is 27.7 Å². The zero-order chi connectivity index (χ0) is 24.1. The third-order valence-corrected chi connectivity index (χ3v) is 7.04. The van der Waals surface area contributed by atoms with Crippen LogP contribution in [0.25, 0.3) is 11.2 Å². The van der Waals surface area contributed by atoms with E-state index < -0.39 is 16.5 Å². The number of aryl methyl sites for hydroxylation is 1. The number of nitrogens with zero attached hydrogens (tertiary/aromatic N) is 3. The maximum Gasteiger partial charge on any atom is 0.329 e. The molecule has 178 valence electrons. The van der Waals surface area contributed by atoms with E-state index in [1.807, 2.05) is 31.2 Å². The molecule has 2 atom stereocenters. The van der Waals surface area contributed by atoms with Crippen molar-refractivity contribution in [1.29, 1.82) is 0 Å². The summed E-state index contributed by atoms with van der Waals surface area (Å²) < 4.78 is 14.9. The average molecular weight is 539 g/mol. The lowest BCUT2D eigenvalue weighted by atomic mass is 10.1. The minimum atomic E-state index is -0.552.